The van der Waals surface area contributed by atoms with E-state index in [2.05, 4.69) is 10.6 Å². The Bertz CT molecular complexity index is 663. The van der Waals surface area contributed by atoms with Crippen molar-refractivity contribution in [3.05, 3.63) is 29.8 Å². The monoisotopic (exact) mass is 331 g/mol. The fourth-order valence-corrected chi connectivity index (χ4v) is 3.88. The molecule has 0 aliphatic carbocycles. The number of fused-ring (bicyclic) bond motifs is 3. The maximum Gasteiger partial charge on any atom is 0.321 e. The fourth-order valence-electron chi connectivity index (χ4n) is 3.88. The van der Waals surface area contributed by atoms with Crippen LogP contribution in [0.5, 0.6) is 0 Å². The number of aliphatic hydroxyl groups is 1. The van der Waals surface area contributed by atoms with Gasteiger partial charge >= 0.3 is 6.03 Å². The summed E-state index contributed by atoms with van der Waals surface area (Å²) in [6.45, 7) is 4.52. The van der Waals surface area contributed by atoms with Crippen molar-refractivity contribution in [2.45, 2.75) is 57.2 Å². The van der Waals surface area contributed by atoms with Crippen LogP contribution in [0.2, 0.25) is 0 Å². The molecule has 2 atom stereocenters. The van der Waals surface area contributed by atoms with Gasteiger partial charge < -0.3 is 20.6 Å². The van der Waals surface area contributed by atoms with Crippen molar-refractivity contribution in [2.75, 3.05) is 11.9 Å². The van der Waals surface area contributed by atoms with E-state index >= 15 is 0 Å². The molecule has 2 aliphatic rings. The number of nitrogens with one attached hydrogen (secondary N) is 2. The molecule has 24 heavy (non-hydrogen) atoms. The quantitative estimate of drug-likeness (QED) is 0.749. The Hall–Kier alpha value is -2.08. The lowest BCUT2D eigenvalue weighted by atomic mass is 9.74. The number of hydrogen-bond acceptors (Lipinski definition) is 3. The number of para-hydroxylation sites is 1. The summed E-state index contributed by atoms with van der Waals surface area (Å²) in [6.07, 6.45) is 3.73. The molecule has 1 aromatic carbocycles. The number of urea groups is 1. The highest BCUT2D eigenvalue weighted by Crippen LogP contribution is 2.49. The lowest BCUT2D eigenvalue weighted by molar-refractivity contribution is -0.147. The number of nitrogens with zero attached hydrogens (tertiary/aromatic N) is 1. The number of amides is 3. The van der Waals surface area contributed by atoms with E-state index in [1.165, 1.54) is 4.90 Å². The summed E-state index contributed by atoms with van der Waals surface area (Å²) in [5.41, 5.74) is -1.90. The summed E-state index contributed by atoms with van der Waals surface area (Å²) in [7, 11) is 0. The molecule has 3 amide bonds. The number of carbonyl (C=O) groups excluding carboxylic acids is 2. The second-order valence-electron chi connectivity index (χ2n) is 6.61. The maximum absolute atomic E-state index is 13.1. The van der Waals surface area contributed by atoms with Crippen LogP contribution in [0.25, 0.3) is 0 Å². The topological polar surface area (TPSA) is 81.7 Å². The summed E-state index contributed by atoms with van der Waals surface area (Å²) in [5, 5.41) is 17.1. The van der Waals surface area contributed by atoms with Crippen molar-refractivity contribution in [1.29, 1.82) is 0 Å². The van der Waals surface area contributed by atoms with E-state index in [0.29, 0.717) is 24.2 Å². The minimum absolute atomic E-state index is 0.313. The Labute approximate surface area is 142 Å². The van der Waals surface area contributed by atoms with Crippen LogP contribution in [0.15, 0.2) is 24.3 Å². The molecule has 1 saturated heterocycles. The lowest BCUT2D eigenvalue weighted by Crippen LogP contribution is -2.67. The van der Waals surface area contributed by atoms with E-state index < -0.39 is 11.3 Å². The van der Waals surface area contributed by atoms with Crippen LogP contribution in [-0.2, 0) is 10.5 Å². The molecule has 0 aromatic heterocycles. The maximum atomic E-state index is 13.1. The zero-order valence-corrected chi connectivity index (χ0v) is 14.3. The summed E-state index contributed by atoms with van der Waals surface area (Å²) >= 11 is 0. The molecule has 6 heteroatoms. The van der Waals surface area contributed by atoms with Crippen molar-refractivity contribution in [2.24, 2.45) is 0 Å². The van der Waals surface area contributed by atoms with Crippen LogP contribution >= 0.6 is 0 Å². The van der Waals surface area contributed by atoms with E-state index in [1.807, 2.05) is 13.8 Å². The predicted octanol–water partition coefficient (Wildman–Crippen LogP) is 2.54. The molecule has 3 N–H and O–H groups in total. The standard InChI is InChI=1S/C18H25N3O3/c1-3-5-11-17-15(22)19-14-10-8-7-9-13(14)18(17,24)20-16(23)21(17)12-6-4-2/h7-10,24H,3-6,11-12H2,1-2H3,(H,19,22)(H,20,23)/t17-,18-/m1/s1. The van der Waals surface area contributed by atoms with Crippen molar-refractivity contribution < 1.29 is 14.7 Å². The van der Waals surface area contributed by atoms with Crippen LogP contribution in [0.4, 0.5) is 10.5 Å². The molecule has 0 spiro atoms. The lowest BCUT2D eigenvalue weighted by Gasteiger charge is -2.47. The number of anilines is 1. The highest BCUT2D eigenvalue weighted by atomic mass is 16.3. The Balaban J connectivity index is 2.15. The summed E-state index contributed by atoms with van der Waals surface area (Å²) in [5.74, 6) is -0.313. The minimum Gasteiger partial charge on any atom is -0.364 e. The van der Waals surface area contributed by atoms with Crippen LogP contribution in [0.1, 0.15) is 51.5 Å². The van der Waals surface area contributed by atoms with Gasteiger partial charge in [-0.15, -0.1) is 0 Å². The second kappa shape index (κ2) is 6.09. The molecule has 0 unspecified atom stereocenters. The van der Waals surface area contributed by atoms with Gasteiger partial charge in [-0.25, -0.2) is 4.79 Å². The van der Waals surface area contributed by atoms with Gasteiger partial charge in [-0.05, 0) is 18.9 Å². The average Bonchev–Trinajstić information content (AvgIpc) is 2.79. The fraction of sp³-hybridized carbons (Fsp3) is 0.556. The van der Waals surface area contributed by atoms with Gasteiger partial charge in [0.25, 0.3) is 5.91 Å². The van der Waals surface area contributed by atoms with Crippen LogP contribution in [0, 0.1) is 0 Å². The van der Waals surface area contributed by atoms with E-state index in [0.717, 1.165) is 25.7 Å². The molecule has 2 heterocycles. The highest BCUT2D eigenvalue weighted by Gasteiger charge is 2.69. The highest BCUT2D eigenvalue weighted by molar-refractivity contribution is 6.07. The first-order valence-electron chi connectivity index (χ1n) is 8.74. The molecule has 1 fully saturated rings. The zero-order chi connectivity index (χ0) is 17.4. The van der Waals surface area contributed by atoms with Crippen molar-refractivity contribution in [3.8, 4) is 0 Å². The Morgan fingerprint density at radius 2 is 1.83 bits per heavy atom. The van der Waals surface area contributed by atoms with Gasteiger partial charge in [0.05, 0.1) is 0 Å². The van der Waals surface area contributed by atoms with E-state index in [1.54, 1.807) is 24.3 Å². The number of carbonyl (C=O) groups is 2. The van der Waals surface area contributed by atoms with Gasteiger partial charge in [0.2, 0.25) is 5.72 Å². The molecule has 0 saturated carbocycles. The summed E-state index contributed by atoms with van der Waals surface area (Å²) in [6, 6.07) is 6.73. The first-order chi connectivity index (χ1) is 11.5. The molecular weight excluding hydrogens is 306 g/mol. The second-order valence-corrected chi connectivity index (χ2v) is 6.61. The van der Waals surface area contributed by atoms with E-state index in [4.69, 9.17) is 0 Å². The minimum atomic E-state index is -1.70. The number of benzene rings is 1. The van der Waals surface area contributed by atoms with Crippen molar-refractivity contribution in [1.82, 2.24) is 10.2 Å². The molecular formula is C18H25N3O3. The van der Waals surface area contributed by atoms with Crippen LogP contribution in [-0.4, -0.2) is 34.0 Å². The molecule has 3 rings (SSSR count). The molecule has 6 nitrogen and oxygen atoms in total. The van der Waals surface area contributed by atoms with Crippen LogP contribution < -0.4 is 10.6 Å². The Kier molecular flexibility index (Phi) is 4.25. The first kappa shape index (κ1) is 16.8. The average molecular weight is 331 g/mol. The predicted molar refractivity (Wildman–Crippen MR) is 91.4 cm³/mol. The number of rotatable bonds is 6. The van der Waals surface area contributed by atoms with Crippen molar-refractivity contribution >= 4 is 17.6 Å². The van der Waals surface area contributed by atoms with Crippen LogP contribution in [0.3, 0.4) is 0 Å². The molecule has 0 bridgehead atoms. The summed E-state index contributed by atoms with van der Waals surface area (Å²) < 4.78 is 0. The van der Waals surface area contributed by atoms with Gasteiger partial charge in [-0.3, -0.25) is 4.79 Å². The largest absolute Gasteiger partial charge is 0.364 e. The van der Waals surface area contributed by atoms with Crippen molar-refractivity contribution in [3.63, 3.8) is 0 Å². The third-order valence-corrected chi connectivity index (χ3v) is 5.16. The third kappa shape index (κ3) is 2.13. The smallest absolute Gasteiger partial charge is 0.321 e. The zero-order valence-electron chi connectivity index (χ0n) is 14.3. The third-order valence-electron chi connectivity index (χ3n) is 5.16. The van der Waals surface area contributed by atoms with Gasteiger partial charge in [0, 0.05) is 17.8 Å². The van der Waals surface area contributed by atoms with Gasteiger partial charge in [0.15, 0.2) is 5.54 Å². The number of unbranched alkanes of at least 4 members (excludes halogenated alkanes) is 2. The number of hydrogen-bond donors (Lipinski definition) is 3. The summed E-state index contributed by atoms with van der Waals surface area (Å²) in [4.78, 5) is 27.3. The molecule has 1 aromatic rings. The Morgan fingerprint density at radius 1 is 1.12 bits per heavy atom. The van der Waals surface area contributed by atoms with E-state index in [9.17, 15) is 14.7 Å². The van der Waals surface area contributed by atoms with E-state index in [-0.39, 0.29) is 11.9 Å². The molecule has 130 valence electrons. The Morgan fingerprint density at radius 3 is 2.54 bits per heavy atom. The first-order valence-corrected chi connectivity index (χ1v) is 8.74. The normalized spacial score (nSPS) is 28.2. The van der Waals surface area contributed by atoms with Gasteiger partial charge in [-0.2, -0.15) is 0 Å². The SMILES string of the molecule is CCCCN1C(=O)N[C@@]2(O)c3ccccc3NC(=O)[C@@]12CCCC. The van der Waals surface area contributed by atoms with Gasteiger partial charge in [-0.1, -0.05) is 51.3 Å². The van der Waals surface area contributed by atoms with Gasteiger partial charge in [0.1, 0.15) is 0 Å². The molecule has 2 aliphatic heterocycles. The molecule has 0 radical (unpaired) electrons.